The molecule has 1 aliphatic rings. The minimum absolute atomic E-state index is 0.00115. The van der Waals surface area contributed by atoms with Crippen LogP contribution in [-0.4, -0.2) is 104 Å². The summed E-state index contributed by atoms with van der Waals surface area (Å²) in [5.74, 6) is -1.58. The Balaban J connectivity index is 2.55. The average molecular weight is 927 g/mol. The maximum Gasteiger partial charge on any atom is 0.472 e. The molecule has 62 heavy (non-hydrogen) atoms. The van der Waals surface area contributed by atoms with Crippen LogP contribution in [-0.2, 0) is 41.8 Å². The molecule has 0 heterocycles. The molecule has 18 heteroatoms. The zero-order valence-electron chi connectivity index (χ0n) is 37.3. The van der Waals surface area contributed by atoms with E-state index in [4.69, 9.17) is 23.8 Å². The summed E-state index contributed by atoms with van der Waals surface area (Å²) >= 11 is 0. The maximum absolute atomic E-state index is 12.8. The van der Waals surface area contributed by atoms with Gasteiger partial charge in [-0.05, 0) is 57.3 Å². The Hall–Kier alpha value is -1.78. The minimum Gasteiger partial charge on any atom is -0.462 e. The Morgan fingerprint density at radius 1 is 0.661 bits per heavy atom. The second kappa shape index (κ2) is 35.5. The molecule has 0 radical (unpaired) electrons. The van der Waals surface area contributed by atoms with Gasteiger partial charge in [-0.1, -0.05) is 127 Å². The normalized spacial score (nSPS) is 20.9. The van der Waals surface area contributed by atoms with Crippen molar-refractivity contribution in [2.24, 2.45) is 11.8 Å². The average Bonchev–Trinajstić information content (AvgIpc) is 3.49. The Morgan fingerprint density at radius 2 is 1.21 bits per heavy atom. The van der Waals surface area contributed by atoms with Gasteiger partial charge in [0.25, 0.3) is 0 Å². The number of phosphoric ester groups is 2. The number of hydrogen-bond donors (Lipinski definition) is 7. The molecule has 1 aliphatic carbocycles. The Bertz CT molecular complexity index is 1350. The summed E-state index contributed by atoms with van der Waals surface area (Å²) in [4.78, 5) is 53.0. The van der Waals surface area contributed by atoms with E-state index in [2.05, 4.69) is 47.2 Å². The van der Waals surface area contributed by atoms with Gasteiger partial charge in [-0.2, -0.15) is 0 Å². The highest BCUT2D eigenvalue weighted by molar-refractivity contribution is 7.47. The lowest BCUT2D eigenvalue weighted by atomic mass is 9.88. The number of unbranched alkanes of at least 4 members (excludes halogenated alkanes) is 14. The highest BCUT2D eigenvalue weighted by atomic mass is 31.2. The van der Waals surface area contributed by atoms with Gasteiger partial charge < -0.3 is 44.6 Å². The van der Waals surface area contributed by atoms with E-state index in [1.54, 1.807) is 6.08 Å². The Morgan fingerprint density at radius 3 is 1.85 bits per heavy atom. The van der Waals surface area contributed by atoms with Crippen molar-refractivity contribution in [3.8, 4) is 0 Å². The van der Waals surface area contributed by atoms with Crippen molar-refractivity contribution in [2.75, 3.05) is 26.4 Å². The molecule has 1 rings (SSSR count). The maximum atomic E-state index is 12.8. The number of carbonyl (C=O) groups excluding carboxylic acids is 2. The molecular formula is C44H80O16P2. The summed E-state index contributed by atoms with van der Waals surface area (Å²) in [5, 5.41) is 41.2. The van der Waals surface area contributed by atoms with Crippen LogP contribution < -0.4 is 0 Å². The van der Waals surface area contributed by atoms with Gasteiger partial charge in [-0.15, -0.1) is 0 Å². The Labute approximate surface area is 370 Å². The van der Waals surface area contributed by atoms with Gasteiger partial charge in [-0.3, -0.25) is 23.2 Å². The second-order valence-electron chi connectivity index (χ2n) is 16.3. The van der Waals surface area contributed by atoms with Crippen LogP contribution in [0.1, 0.15) is 162 Å². The van der Waals surface area contributed by atoms with Crippen molar-refractivity contribution >= 4 is 27.6 Å². The quantitative estimate of drug-likeness (QED) is 0.0101. The third-order valence-corrected chi connectivity index (χ3v) is 12.1. The molecule has 0 aromatic rings. The summed E-state index contributed by atoms with van der Waals surface area (Å²) < 4.78 is 47.8. The van der Waals surface area contributed by atoms with Crippen molar-refractivity contribution in [3.05, 3.63) is 36.5 Å². The molecule has 8 atom stereocenters. The molecule has 0 aromatic heterocycles. The lowest BCUT2D eigenvalue weighted by Gasteiger charge is -2.21. The van der Waals surface area contributed by atoms with Crippen molar-refractivity contribution in [2.45, 2.75) is 192 Å². The topological polar surface area (TPSA) is 256 Å². The van der Waals surface area contributed by atoms with Crippen LogP contribution in [0, 0.1) is 11.8 Å². The van der Waals surface area contributed by atoms with Gasteiger partial charge in [0.1, 0.15) is 12.7 Å². The van der Waals surface area contributed by atoms with E-state index in [-0.39, 0.29) is 31.1 Å². The molecule has 0 saturated heterocycles. The summed E-state index contributed by atoms with van der Waals surface area (Å²) in [7, 11) is -9.77. The fourth-order valence-corrected chi connectivity index (χ4v) is 8.24. The lowest BCUT2D eigenvalue weighted by Crippen LogP contribution is -2.30. The molecule has 0 bridgehead atoms. The molecule has 0 amide bonds. The number of rotatable bonds is 39. The van der Waals surface area contributed by atoms with E-state index >= 15 is 0 Å². The standard InChI is InChI=1S/C44H80O16P2/c1-3-5-7-8-9-10-11-12-13-14-15-16-17-18-23-27-43(49)56-34-38(35-59-62(54,55)58-33-37(46)32-57-61(51,52)53)60-44(50)28-24-20-19-22-26-39-40(42(48)31-41(39)47)30-29-36(45)25-21-6-4-2/h10-13,29-30,36-42,45-48H,3-9,14-28,31-35H2,1-2H3,(H,54,55)(H2,51,52,53)/b11-10-,13-12-,30-29+/t36-,37-,38+,39+,40+,41-,42+/m0/s1. The molecule has 0 aromatic carbocycles. The SMILES string of the molecule is CCCCCC/C=C\C=C/CCCCCCCC(=O)OC[C@H](COP(=O)(O)OC[C@@H](O)COP(=O)(O)O)OC(=O)CCCCCC[C@@H]1[C@@H](/C=C/[C@@H](O)CCCCC)[C@H](O)C[C@@H]1O. The first-order valence-electron chi connectivity index (χ1n) is 23.0. The fraction of sp³-hybridized carbons (Fsp3) is 0.818. The van der Waals surface area contributed by atoms with Crippen LogP contribution in [0.4, 0.5) is 0 Å². The molecule has 16 nitrogen and oxygen atoms in total. The van der Waals surface area contributed by atoms with E-state index in [0.29, 0.717) is 32.1 Å². The van der Waals surface area contributed by atoms with E-state index < -0.39 is 84.5 Å². The largest absolute Gasteiger partial charge is 0.472 e. The zero-order valence-corrected chi connectivity index (χ0v) is 39.1. The molecule has 1 fully saturated rings. The van der Waals surface area contributed by atoms with E-state index in [1.165, 1.54) is 25.7 Å². The monoisotopic (exact) mass is 926 g/mol. The van der Waals surface area contributed by atoms with Crippen molar-refractivity contribution in [3.63, 3.8) is 0 Å². The number of esters is 2. The van der Waals surface area contributed by atoms with Gasteiger partial charge in [0, 0.05) is 25.2 Å². The van der Waals surface area contributed by atoms with E-state index in [0.717, 1.165) is 70.6 Å². The summed E-state index contributed by atoms with van der Waals surface area (Å²) in [6.45, 7) is 1.38. The molecule has 0 spiro atoms. The van der Waals surface area contributed by atoms with Crippen LogP contribution >= 0.6 is 15.6 Å². The van der Waals surface area contributed by atoms with Crippen molar-refractivity contribution in [1.29, 1.82) is 0 Å². The third-order valence-electron chi connectivity index (χ3n) is 10.6. The molecule has 362 valence electrons. The first kappa shape index (κ1) is 58.2. The van der Waals surface area contributed by atoms with Crippen LogP contribution in [0.5, 0.6) is 0 Å². The molecule has 1 unspecified atom stereocenters. The first-order valence-corrected chi connectivity index (χ1v) is 26.0. The van der Waals surface area contributed by atoms with Crippen molar-refractivity contribution < 1.29 is 76.9 Å². The number of ether oxygens (including phenoxy) is 2. The predicted molar refractivity (Wildman–Crippen MR) is 237 cm³/mol. The number of aliphatic hydroxyl groups excluding tert-OH is 4. The highest BCUT2D eigenvalue weighted by Gasteiger charge is 2.39. The van der Waals surface area contributed by atoms with E-state index in [9.17, 15) is 44.0 Å². The first-order chi connectivity index (χ1) is 29.6. The van der Waals surface area contributed by atoms with Crippen LogP contribution in [0.15, 0.2) is 36.5 Å². The van der Waals surface area contributed by atoms with Gasteiger partial charge >= 0.3 is 27.6 Å². The Kier molecular flexibility index (Phi) is 33.3. The van der Waals surface area contributed by atoms with Gasteiger partial charge in [-0.25, -0.2) is 9.13 Å². The van der Waals surface area contributed by atoms with Gasteiger partial charge in [0.15, 0.2) is 6.10 Å². The predicted octanol–water partition coefficient (Wildman–Crippen LogP) is 8.05. The summed E-state index contributed by atoms with van der Waals surface area (Å²) in [6, 6.07) is 0. The number of phosphoric acid groups is 2. The molecule has 1 saturated carbocycles. The smallest absolute Gasteiger partial charge is 0.462 e. The fourth-order valence-electron chi connectivity index (χ4n) is 7.08. The van der Waals surface area contributed by atoms with Crippen LogP contribution in [0.2, 0.25) is 0 Å². The van der Waals surface area contributed by atoms with Crippen LogP contribution in [0.25, 0.3) is 0 Å². The molecule has 7 N–H and O–H groups in total. The summed E-state index contributed by atoms with van der Waals surface area (Å²) in [6.07, 6.45) is 26.2. The lowest BCUT2D eigenvalue weighted by molar-refractivity contribution is -0.161. The van der Waals surface area contributed by atoms with Crippen molar-refractivity contribution in [1.82, 2.24) is 0 Å². The van der Waals surface area contributed by atoms with Gasteiger partial charge in [0.05, 0.1) is 38.1 Å². The molecule has 0 aliphatic heterocycles. The number of carbonyl (C=O) groups is 2. The highest BCUT2D eigenvalue weighted by Crippen LogP contribution is 2.44. The zero-order chi connectivity index (χ0) is 46.1. The van der Waals surface area contributed by atoms with Gasteiger partial charge in [0.2, 0.25) is 0 Å². The minimum atomic E-state index is -4.90. The van der Waals surface area contributed by atoms with E-state index in [1.807, 2.05) is 6.08 Å². The number of hydrogen-bond acceptors (Lipinski definition) is 13. The van der Waals surface area contributed by atoms with Crippen LogP contribution in [0.3, 0.4) is 0 Å². The molecular weight excluding hydrogens is 846 g/mol. The second-order valence-corrected chi connectivity index (χ2v) is 19.0. The third kappa shape index (κ3) is 32.0. The number of aliphatic hydroxyl groups is 4. The summed E-state index contributed by atoms with van der Waals surface area (Å²) in [5.41, 5.74) is 0. The number of allylic oxidation sites excluding steroid dienone is 4.